The monoisotopic (exact) mass is 496 g/mol. The Balaban J connectivity index is 1.17. The molecule has 1 aromatic heterocycles. The van der Waals surface area contributed by atoms with Crippen LogP contribution in [0.25, 0.3) is 11.3 Å². The summed E-state index contributed by atoms with van der Waals surface area (Å²) in [5, 5.41) is 2.85. The van der Waals surface area contributed by atoms with Crippen LogP contribution >= 0.6 is 0 Å². The SMILES string of the molecule is COc1ccc(C(=O)N2CCc3oc(-c4ccc(NC(=O)COCc5ccccc5)cc4)cc3C2)cc1. The van der Waals surface area contributed by atoms with Crippen LogP contribution in [0.15, 0.2) is 89.3 Å². The van der Waals surface area contributed by atoms with Gasteiger partial charge in [-0.25, -0.2) is 0 Å². The molecule has 1 N–H and O–H groups in total. The maximum absolute atomic E-state index is 13.0. The van der Waals surface area contributed by atoms with E-state index >= 15 is 0 Å². The average molecular weight is 497 g/mol. The maximum atomic E-state index is 13.0. The van der Waals surface area contributed by atoms with Gasteiger partial charge in [0.25, 0.3) is 5.91 Å². The molecule has 7 heteroatoms. The van der Waals surface area contributed by atoms with Crippen LogP contribution in [-0.2, 0) is 29.1 Å². The molecule has 1 aliphatic heterocycles. The fourth-order valence-electron chi connectivity index (χ4n) is 4.32. The molecule has 7 nitrogen and oxygen atoms in total. The number of benzene rings is 3. The Hall–Kier alpha value is -4.36. The molecule has 0 saturated carbocycles. The highest BCUT2D eigenvalue weighted by Gasteiger charge is 2.25. The molecular formula is C30H28N2O5. The van der Waals surface area contributed by atoms with Gasteiger partial charge in [0.15, 0.2) is 0 Å². The number of carbonyl (C=O) groups excluding carboxylic acids is 2. The summed E-state index contributed by atoms with van der Waals surface area (Å²) in [5.41, 5.74) is 4.26. The maximum Gasteiger partial charge on any atom is 0.254 e. The minimum absolute atomic E-state index is 0.0103. The number of fused-ring (bicyclic) bond motifs is 1. The summed E-state index contributed by atoms with van der Waals surface area (Å²) >= 11 is 0. The standard InChI is InChI=1S/C30H28N2O5/c1-35-26-13-9-23(10-14-26)30(34)32-16-15-27-24(18-32)17-28(37-27)22-7-11-25(12-8-22)31-29(33)20-36-19-21-5-3-2-4-6-21/h2-14,17H,15-16,18-20H2,1H3,(H,31,33). The molecule has 2 heterocycles. The van der Waals surface area contributed by atoms with Crippen LogP contribution in [0.4, 0.5) is 5.69 Å². The molecule has 0 saturated heterocycles. The Morgan fingerprint density at radius 1 is 0.973 bits per heavy atom. The lowest BCUT2D eigenvalue weighted by atomic mass is 10.1. The predicted octanol–water partition coefficient (Wildman–Crippen LogP) is 5.31. The molecule has 0 atom stereocenters. The van der Waals surface area contributed by atoms with Gasteiger partial charge in [-0.3, -0.25) is 9.59 Å². The zero-order valence-electron chi connectivity index (χ0n) is 20.6. The molecule has 0 unspecified atom stereocenters. The first-order chi connectivity index (χ1) is 18.1. The molecule has 0 radical (unpaired) electrons. The molecule has 2 amide bonds. The average Bonchev–Trinajstić information content (AvgIpc) is 3.37. The van der Waals surface area contributed by atoms with Crippen LogP contribution in [0.5, 0.6) is 5.75 Å². The van der Waals surface area contributed by atoms with Gasteiger partial charge in [0.05, 0.1) is 13.7 Å². The first-order valence-corrected chi connectivity index (χ1v) is 12.2. The van der Waals surface area contributed by atoms with E-state index in [1.54, 1.807) is 31.4 Å². The number of amides is 2. The van der Waals surface area contributed by atoms with E-state index in [4.69, 9.17) is 13.9 Å². The third kappa shape index (κ3) is 5.90. The fourth-order valence-corrected chi connectivity index (χ4v) is 4.32. The van der Waals surface area contributed by atoms with Crippen LogP contribution in [0.3, 0.4) is 0 Å². The number of ether oxygens (including phenoxy) is 2. The number of nitrogens with one attached hydrogen (secondary N) is 1. The molecule has 4 aromatic rings. The molecule has 188 valence electrons. The number of rotatable bonds is 8. The molecule has 0 aliphatic carbocycles. The quantitative estimate of drug-likeness (QED) is 0.358. The first-order valence-electron chi connectivity index (χ1n) is 12.2. The van der Waals surface area contributed by atoms with Crippen LogP contribution in [0, 0.1) is 0 Å². The predicted molar refractivity (Wildman–Crippen MR) is 140 cm³/mol. The van der Waals surface area contributed by atoms with Crippen molar-refractivity contribution >= 4 is 17.5 Å². The number of hydrogen-bond acceptors (Lipinski definition) is 5. The molecular weight excluding hydrogens is 468 g/mol. The van der Waals surface area contributed by atoms with Gasteiger partial charge in [-0.1, -0.05) is 30.3 Å². The number of hydrogen-bond donors (Lipinski definition) is 1. The van der Waals surface area contributed by atoms with Gasteiger partial charge in [-0.2, -0.15) is 0 Å². The van der Waals surface area contributed by atoms with E-state index in [1.165, 1.54) is 0 Å². The first kappa shape index (κ1) is 24.3. The highest BCUT2D eigenvalue weighted by Crippen LogP contribution is 2.31. The minimum Gasteiger partial charge on any atom is -0.497 e. The van der Waals surface area contributed by atoms with Crippen molar-refractivity contribution in [3.63, 3.8) is 0 Å². The summed E-state index contributed by atoms with van der Waals surface area (Å²) in [6.07, 6.45) is 0.661. The number of methoxy groups -OCH3 is 1. The Kier molecular flexibility index (Phi) is 7.33. The van der Waals surface area contributed by atoms with Crippen molar-refractivity contribution in [1.29, 1.82) is 0 Å². The Morgan fingerprint density at radius 2 is 1.73 bits per heavy atom. The molecule has 37 heavy (non-hydrogen) atoms. The van der Waals surface area contributed by atoms with Gasteiger partial charge < -0.3 is 24.1 Å². The molecule has 5 rings (SSSR count). The van der Waals surface area contributed by atoms with Gasteiger partial charge in [-0.05, 0) is 60.2 Å². The molecule has 3 aromatic carbocycles. The lowest BCUT2D eigenvalue weighted by molar-refractivity contribution is -0.121. The van der Waals surface area contributed by atoms with Crippen LogP contribution in [0.1, 0.15) is 27.2 Å². The largest absolute Gasteiger partial charge is 0.497 e. The third-order valence-electron chi connectivity index (χ3n) is 6.29. The zero-order chi connectivity index (χ0) is 25.6. The van der Waals surface area contributed by atoms with Crippen molar-refractivity contribution in [1.82, 2.24) is 4.90 Å². The second-order valence-electron chi connectivity index (χ2n) is 8.87. The summed E-state index contributed by atoms with van der Waals surface area (Å²) in [6, 6.07) is 26.4. The Morgan fingerprint density at radius 3 is 2.46 bits per heavy atom. The number of furan rings is 1. The number of anilines is 1. The van der Waals surface area contributed by atoms with Gasteiger partial charge in [0.2, 0.25) is 5.91 Å². The smallest absolute Gasteiger partial charge is 0.254 e. The summed E-state index contributed by atoms with van der Waals surface area (Å²) < 4.78 is 16.8. The number of carbonyl (C=O) groups is 2. The Bertz CT molecular complexity index is 1360. The fraction of sp³-hybridized carbons (Fsp3) is 0.200. The van der Waals surface area contributed by atoms with Gasteiger partial charge in [0, 0.05) is 41.9 Å². The van der Waals surface area contributed by atoms with E-state index in [0.717, 1.165) is 34.0 Å². The van der Waals surface area contributed by atoms with E-state index in [9.17, 15) is 9.59 Å². The van der Waals surface area contributed by atoms with Crippen LogP contribution in [0.2, 0.25) is 0 Å². The summed E-state index contributed by atoms with van der Waals surface area (Å²) in [6.45, 7) is 1.47. The third-order valence-corrected chi connectivity index (χ3v) is 6.29. The molecule has 0 bridgehead atoms. The minimum atomic E-state index is -0.209. The van der Waals surface area contributed by atoms with Crippen molar-refractivity contribution in [2.45, 2.75) is 19.6 Å². The van der Waals surface area contributed by atoms with Crippen molar-refractivity contribution in [2.24, 2.45) is 0 Å². The highest BCUT2D eigenvalue weighted by molar-refractivity contribution is 5.94. The Labute approximate surface area is 215 Å². The summed E-state index contributed by atoms with van der Waals surface area (Å²) in [5.74, 6) is 2.15. The van der Waals surface area contributed by atoms with E-state index in [1.807, 2.05) is 65.6 Å². The van der Waals surface area contributed by atoms with E-state index in [0.29, 0.717) is 37.4 Å². The van der Waals surface area contributed by atoms with Crippen LogP contribution < -0.4 is 10.1 Å². The lowest BCUT2D eigenvalue weighted by Gasteiger charge is -2.26. The molecule has 1 aliphatic rings. The van der Waals surface area contributed by atoms with E-state index in [2.05, 4.69) is 5.32 Å². The topological polar surface area (TPSA) is 81.0 Å². The summed E-state index contributed by atoms with van der Waals surface area (Å²) in [7, 11) is 1.60. The molecule has 0 fully saturated rings. The highest BCUT2D eigenvalue weighted by atomic mass is 16.5. The van der Waals surface area contributed by atoms with Crippen molar-refractivity contribution in [3.8, 4) is 17.1 Å². The normalized spacial score (nSPS) is 12.6. The second-order valence-corrected chi connectivity index (χ2v) is 8.87. The van der Waals surface area contributed by atoms with Crippen molar-refractivity contribution in [3.05, 3.63) is 107 Å². The lowest BCUT2D eigenvalue weighted by Crippen LogP contribution is -2.35. The second kappa shape index (κ2) is 11.1. The zero-order valence-corrected chi connectivity index (χ0v) is 20.6. The van der Waals surface area contributed by atoms with Crippen LogP contribution in [-0.4, -0.2) is 37.0 Å². The van der Waals surface area contributed by atoms with Crippen molar-refractivity contribution in [2.75, 3.05) is 25.6 Å². The van der Waals surface area contributed by atoms with Gasteiger partial charge in [0.1, 0.15) is 23.9 Å². The van der Waals surface area contributed by atoms with Gasteiger partial charge in [-0.15, -0.1) is 0 Å². The molecule has 0 spiro atoms. The van der Waals surface area contributed by atoms with Gasteiger partial charge >= 0.3 is 0 Å². The van der Waals surface area contributed by atoms with E-state index in [-0.39, 0.29) is 18.4 Å². The number of nitrogens with zero attached hydrogens (tertiary/aromatic N) is 1. The van der Waals surface area contributed by atoms with E-state index < -0.39 is 0 Å². The summed E-state index contributed by atoms with van der Waals surface area (Å²) in [4.78, 5) is 27.0. The van der Waals surface area contributed by atoms with Crippen molar-refractivity contribution < 1.29 is 23.5 Å².